The highest BCUT2D eigenvalue weighted by Crippen LogP contribution is 2.33. The summed E-state index contributed by atoms with van der Waals surface area (Å²) < 4.78 is 27.3. The Morgan fingerprint density at radius 2 is 1.53 bits per heavy atom. The topological polar surface area (TPSA) is 185 Å². The molecule has 2 heterocycles. The molecule has 0 radical (unpaired) electrons. The smallest absolute Gasteiger partial charge is 0.229 e. The fourth-order valence-electron chi connectivity index (χ4n) is 3.76. The summed E-state index contributed by atoms with van der Waals surface area (Å²) in [5, 5.41) is 60.8. The number of rotatable bonds is 8. The van der Waals surface area contributed by atoms with Crippen molar-refractivity contribution in [1.82, 2.24) is 0 Å². The lowest BCUT2D eigenvalue weighted by Crippen LogP contribution is -2.61. The molecule has 2 aliphatic rings. The van der Waals surface area contributed by atoms with Crippen LogP contribution in [0.4, 0.5) is 0 Å². The molecule has 10 atom stereocenters. The lowest BCUT2D eigenvalue weighted by molar-refractivity contribution is -0.318. The van der Waals surface area contributed by atoms with Gasteiger partial charge >= 0.3 is 0 Å². The van der Waals surface area contributed by atoms with E-state index in [1.54, 1.807) is 6.92 Å². The Balaban J connectivity index is 1.70. The molecule has 34 heavy (non-hydrogen) atoms. The summed E-state index contributed by atoms with van der Waals surface area (Å²) in [6.07, 6.45) is -13.8. The van der Waals surface area contributed by atoms with Crippen molar-refractivity contribution < 1.29 is 59.1 Å². The van der Waals surface area contributed by atoms with E-state index in [4.69, 9.17) is 23.7 Å². The predicted molar refractivity (Wildman–Crippen MR) is 113 cm³/mol. The average Bonchev–Trinajstić information content (AvgIpc) is 2.84. The Hall–Kier alpha value is -1.87. The van der Waals surface area contributed by atoms with Gasteiger partial charge in [0.1, 0.15) is 42.7 Å². The first-order chi connectivity index (χ1) is 16.1. The van der Waals surface area contributed by atoms with Gasteiger partial charge < -0.3 is 54.3 Å². The zero-order valence-electron chi connectivity index (χ0n) is 19.1. The van der Waals surface area contributed by atoms with Crippen LogP contribution in [-0.2, 0) is 14.2 Å². The Morgan fingerprint density at radius 3 is 2.18 bits per heavy atom. The maximum Gasteiger partial charge on any atom is 0.229 e. The number of hydrogen-bond acceptors (Lipinski definition) is 12. The molecule has 0 saturated carbocycles. The number of Topliss-reactive ketones (excluding diaryl/α,β-unsaturated/α-hetero) is 1. The lowest BCUT2D eigenvalue weighted by atomic mass is 9.98. The Kier molecular flexibility index (Phi) is 8.84. The first kappa shape index (κ1) is 26.7. The molecule has 1 aromatic rings. The Bertz CT molecular complexity index is 834. The average molecular weight is 488 g/mol. The zero-order valence-corrected chi connectivity index (χ0v) is 19.1. The van der Waals surface area contributed by atoms with Crippen LogP contribution in [0.3, 0.4) is 0 Å². The van der Waals surface area contributed by atoms with Crippen LogP contribution in [0.1, 0.15) is 30.6 Å². The van der Waals surface area contributed by atoms with Crippen LogP contribution in [0.25, 0.3) is 0 Å². The summed E-state index contributed by atoms with van der Waals surface area (Å²) in [6.45, 7) is 2.79. The van der Waals surface area contributed by atoms with Crippen LogP contribution in [0.5, 0.6) is 11.5 Å². The fourth-order valence-corrected chi connectivity index (χ4v) is 3.76. The highest BCUT2D eigenvalue weighted by atomic mass is 16.7. The number of aliphatic hydroxyl groups is 6. The molecule has 2 saturated heterocycles. The Morgan fingerprint density at radius 1 is 0.882 bits per heavy atom. The van der Waals surface area contributed by atoms with E-state index in [0.717, 1.165) is 0 Å². The minimum absolute atomic E-state index is 0.103. The molecule has 0 bridgehead atoms. The van der Waals surface area contributed by atoms with Crippen molar-refractivity contribution in [2.24, 2.45) is 0 Å². The van der Waals surface area contributed by atoms with Gasteiger partial charge in [0.05, 0.1) is 19.8 Å². The third-order valence-electron chi connectivity index (χ3n) is 5.95. The number of aliphatic hydroxyl groups excluding tert-OH is 6. The number of ether oxygens (including phenoxy) is 5. The van der Waals surface area contributed by atoms with Gasteiger partial charge in [-0.15, -0.1) is 0 Å². The van der Waals surface area contributed by atoms with Gasteiger partial charge in [0.25, 0.3) is 0 Å². The monoisotopic (exact) mass is 488 g/mol. The quantitative estimate of drug-likeness (QED) is 0.229. The first-order valence-corrected chi connectivity index (χ1v) is 11.0. The second-order valence-corrected chi connectivity index (χ2v) is 8.29. The van der Waals surface area contributed by atoms with Crippen molar-refractivity contribution in [2.45, 2.75) is 81.7 Å². The lowest BCUT2D eigenvalue weighted by Gasteiger charge is -2.42. The number of ketones is 1. The molecular weight excluding hydrogens is 456 g/mol. The highest BCUT2D eigenvalue weighted by Gasteiger charge is 2.47. The van der Waals surface area contributed by atoms with Gasteiger partial charge in [-0.1, -0.05) is 6.92 Å². The van der Waals surface area contributed by atoms with Crippen molar-refractivity contribution in [1.29, 1.82) is 0 Å². The van der Waals surface area contributed by atoms with Gasteiger partial charge in [0.15, 0.2) is 23.6 Å². The molecule has 0 spiro atoms. The maximum absolute atomic E-state index is 11.9. The molecule has 0 amide bonds. The van der Waals surface area contributed by atoms with Crippen molar-refractivity contribution in [2.75, 3.05) is 13.7 Å². The van der Waals surface area contributed by atoms with E-state index in [1.807, 2.05) is 0 Å². The van der Waals surface area contributed by atoms with Crippen LogP contribution in [-0.4, -0.2) is 112 Å². The van der Waals surface area contributed by atoms with Crippen molar-refractivity contribution >= 4 is 5.78 Å². The second-order valence-electron chi connectivity index (χ2n) is 8.29. The largest absolute Gasteiger partial charge is 0.493 e. The predicted octanol–water partition coefficient (Wildman–Crippen LogP) is -1.68. The van der Waals surface area contributed by atoms with Crippen LogP contribution < -0.4 is 9.47 Å². The molecule has 3 rings (SSSR count). The normalized spacial score (nSPS) is 38.4. The van der Waals surface area contributed by atoms with Gasteiger partial charge in [-0.2, -0.15) is 0 Å². The van der Waals surface area contributed by atoms with E-state index in [0.29, 0.717) is 12.0 Å². The van der Waals surface area contributed by atoms with E-state index in [-0.39, 0.29) is 17.3 Å². The summed E-state index contributed by atoms with van der Waals surface area (Å²) in [5.41, 5.74) is 0.408. The first-order valence-electron chi connectivity index (χ1n) is 11.0. The molecule has 1 aromatic carbocycles. The van der Waals surface area contributed by atoms with Crippen molar-refractivity contribution in [3.05, 3.63) is 23.8 Å². The van der Waals surface area contributed by atoms with Gasteiger partial charge in [-0.3, -0.25) is 4.79 Å². The molecule has 6 N–H and O–H groups in total. The van der Waals surface area contributed by atoms with Crippen molar-refractivity contribution in [3.8, 4) is 11.5 Å². The summed E-state index contributed by atoms with van der Waals surface area (Å²) in [4.78, 5) is 11.9. The minimum atomic E-state index is -1.66. The summed E-state index contributed by atoms with van der Waals surface area (Å²) >= 11 is 0. The second kappa shape index (κ2) is 11.2. The summed E-state index contributed by atoms with van der Waals surface area (Å²) in [5.74, 6) is 0.219. The molecule has 0 aliphatic carbocycles. The molecule has 0 unspecified atom stereocenters. The summed E-state index contributed by atoms with van der Waals surface area (Å²) in [6, 6.07) is 4.46. The number of methoxy groups -OCH3 is 1. The van der Waals surface area contributed by atoms with E-state index in [2.05, 4.69) is 0 Å². The van der Waals surface area contributed by atoms with Crippen LogP contribution >= 0.6 is 0 Å². The number of benzene rings is 1. The third kappa shape index (κ3) is 5.51. The van der Waals surface area contributed by atoms with E-state index in [1.165, 1.54) is 32.2 Å². The van der Waals surface area contributed by atoms with Gasteiger partial charge in [-0.05, 0) is 25.1 Å². The number of carbonyl (C=O) groups is 1. The molecule has 12 nitrogen and oxygen atoms in total. The minimum Gasteiger partial charge on any atom is -0.493 e. The molecular formula is C22H32O12. The standard InChI is InChI=1S/C22H32O12/c1-4-11(23)10-5-6-12(13(7-10)30-3)33-22-20(29)18(27)16(25)14(34-22)8-31-21-19(28)17(26)15(24)9(2)32-21/h5-7,9,14-22,24-29H,4,8H2,1-3H3/t9-,14+,15-,16+,17+,18-,19+,20+,21+,22+/m0/s1. The molecule has 12 heteroatoms. The van der Waals surface area contributed by atoms with Crippen LogP contribution in [0, 0.1) is 0 Å². The highest BCUT2D eigenvalue weighted by molar-refractivity contribution is 5.96. The van der Waals surface area contributed by atoms with E-state index >= 15 is 0 Å². The number of carbonyl (C=O) groups excluding carboxylic acids is 1. The van der Waals surface area contributed by atoms with Gasteiger partial charge in [0, 0.05) is 12.0 Å². The summed E-state index contributed by atoms with van der Waals surface area (Å²) in [7, 11) is 1.37. The molecule has 2 fully saturated rings. The SMILES string of the molecule is CCC(=O)c1ccc(O[C@@H]2O[C@H](CO[C@@H]3O[C@@H](C)[C@H](O)[C@@H](O)[C@H]3O)[C@@H](O)[C@H](O)[C@H]2O)c(OC)c1. The van der Waals surface area contributed by atoms with Gasteiger partial charge in [0.2, 0.25) is 6.29 Å². The van der Waals surface area contributed by atoms with Crippen molar-refractivity contribution in [3.63, 3.8) is 0 Å². The van der Waals surface area contributed by atoms with Crippen LogP contribution in [0.2, 0.25) is 0 Å². The number of hydrogen-bond donors (Lipinski definition) is 6. The van der Waals surface area contributed by atoms with E-state index < -0.39 is 68.0 Å². The van der Waals surface area contributed by atoms with Crippen LogP contribution in [0.15, 0.2) is 18.2 Å². The maximum atomic E-state index is 11.9. The molecule has 2 aliphatic heterocycles. The fraction of sp³-hybridized carbons (Fsp3) is 0.682. The van der Waals surface area contributed by atoms with Gasteiger partial charge in [-0.25, -0.2) is 0 Å². The molecule has 192 valence electrons. The zero-order chi connectivity index (χ0) is 25.2. The third-order valence-corrected chi connectivity index (χ3v) is 5.95. The molecule has 0 aromatic heterocycles. The Labute approximate surface area is 196 Å². The van der Waals surface area contributed by atoms with E-state index in [9.17, 15) is 35.4 Å².